The number of para-hydroxylation sites is 1. The number of hydrogen-bond donors (Lipinski definition) is 0. The first-order valence-corrected chi connectivity index (χ1v) is 6.97. The van der Waals surface area contributed by atoms with Crippen LogP contribution in [0.2, 0.25) is 0 Å². The van der Waals surface area contributed by atoms with Gasteiger partial charge in [-0.15, -0.1) is 0 Å². The van der Waals surface area contributed by atoms with Gasteiger partial charge in [0.2, 0.25) is 5.91 Å². The van der Waals surface area contributed by atoms with Gasteiger partial charge in [0.1, 0.15) is 0 Å². The zero-order valence-electron chi connectivity index (χ0n) is 11.8. The van der Waals surface area contributed by atoms with Gasteiger partial charge in [-0.2, -0.15) is 0 Å². The van der Waals surface area contributed by atoms with Crippen LogP contribution in [0, 0.1) is 5.92 Å². The van der Waals surface area contributed by atoms with Crippen LogP contribution in [0.5, 0.6) is 0 Å². The zero-order valence-corrected chi connectivity index (χ0v) is 11.8. The van der Waals surface area contributed by atoms with Crippen LogP contribution in [0.25, 0.3) is 10.4 Å². The maximum absolute atomic E-state index is 12.5. The predicted molar refractivity (Wildman–Crippen MR) is 84.9 cm³/mol. The number of anilines is 1. The van der Waals surface area contributed by atoms with Crippen LogP contribution < -0.4 is 4.90 Å². The molecule has 0 N–H and O–H groups in total. The zero-order chi connectivity index (χ0) is 15.4. The van der Waals surface area contributed by atoms with E-state index in [1.807, 2.05) is 60.7 Å². The van der Waals surface area contributed by atoms with Gasteiger partial charge >= 0.3 is 0 Å². The molecular formula is C17H14N4O. The second-order valence-corrected chi connectivity index (χ2v) is 4.97. The van der Waals surface area contributed by atoms with E-state index >= 15 is 0 Å². The third-order valence-corrected chi connectivity index (χ3v) is 3.73. The lowest BCUT2D eigenvalue weighted by atomic mass is 9.82. The molecule has 5 nitrogen and oxygen atoms in total. The second-order valence-electron chi connectivity index (χ2n) is 4.97. The molecule has 0 spiro atoms. The maximum Gasteiger partial charge on any atom is 0.236 e. The normalized spacial score (nSPS) is 20.5. The van der Waals surface area contributed by atoms with E-state index in [4.69, 9.17) is 5.53 Å². The number of rotatable bonds is 4. The molecule has 5 heteroatoms. The summed E-state index contributed by atoms with van der Waals surface area (Å²) in [7, 11) is 0. The van der Waals surface area contributed by atoms with E-state index in [0.717, 1.165) is 11.3 Å². The van der Waals surface area contributed by atoms with E-state index in [-0.39, 0.29) is 17.9 Å². The Morgan fingerprint density at radius 3 is 2.32 bits per heavy atom. The average Bonchev–Trinajstić information content (AvgIpc) is 2.58. The van der Waals surface area contributed by atoms with Crippen molar-refractivity contribution in [3.8, 4) is 0 Å². The van der Waals surface area contributed by atoms with Gasteiger partial charge in [-0.3, -0.25) is 4.79 Å². The summed E-state index contributed by atoms with van der Waals surface area (Å²) >= 11 is 0. The largest absolute Gasteiger partial charge is 0.303 e. The van der Waals surface area contributed by atoms with Crippen LogP contribution in [-0.4, -0.2) is 5.91 Å². The van der Waals surface area contributed by atoms with Gasteiger partial charge in [0.25, 0.3) is 0 Å². The number of carbonyl (C=O) groups is 1. The minimum atomic E-state index is -0.312. The molecule has 22 heavy (non-hydrogen) atoms. The molecule has 0 radical (unpaired) electrons. The fraction of sp³-hybridized carbons (Fsp3) is 0.118. The smallest absolute Gasteiger partial charge is 0.236 e. The van der Waals surface area contributed by atoms with E-state index in [1.165, 1.54) is 6.20 Å². The first-order valence-electron chi connectivity index (χ1n) is 6.97. The Morgan fingerprint density at radius 2 is 1.68 bits per heavy atom. The summed E-state index contributed by atoms with van der Waals surface area (Å²) in [5, 5.41) is 3.38. The van der Waals surface area contributed by atoms with E-state index in [2.05, 4.69) is 10.0 Å². The van der Waals surface area contributed by atoms with E-state index < -0.39 is 0 Å². The highest BCUT2D eigenvalue weighted by molar-refractivity contribution is 6.04. The molecule has 0 saturated carbocycles. The van der Waals surface area contributed by atoms with E-state index in [9.17, 15) is 4.79 Å². The summed E-state index contributed by atoms with van der Waals surface area (Å²) in [4.78, 5) is 16.9. The van der Waals surface area contributed by atoms with Gasteiger partial charge in [-0.25, -0.2) is 0 Å². The first-order chi connectivity index (χ1) is 10.8. The van der Waals surface area contributed by atoms with Crippen molar-refractivity contribution in [2.75, 3.05) is 4.90 Å². The standard InChI is InChI=1S/C17H14N4O/c18-20-19-12-11-15-16(13-7-3-1-4-8-13)21(17(15)22)14-9-5-2-6-10-14/h1-12,15-16H/b12-11-/t15-,16-/m1/s1. The number of hydrogen-bond acceptors (Lipinski definition) is 2. The molecule has 3 rings (SSSR count). The highest BCUT2D eigenvalue weighted by Gasteiger charge is 2.47. The maximum atomic E-state index is 12.5. The molecule has 0 aliphatic carbocycles. The summed E-state index contributed by atoms with van der Waals surface area (Å²) in [6.07, 6.45) is 3.01. The molecule has 108 valence electrons. The highest BCUT2D eigenvalue weighted by atomic mass is 16.2. The molecule has 1 aliphatic heterocycles. The Kier molecular flexibility index (Phi) is 3.90. The van der Waals surface area contributed by atoms with Crippen molar-refractivity contribution in [3.05, 3.63) is 88.9 Å². The lowest BCUT2D eigenvalue weighted by molar-refractivity contribution is -0.128. The molecule has 2 aromatic carbocycles. The Balaban J connectivity index is 1.97. The molecule has 1 heterocycles. The number of amides is 1. The highest BCUT2D eigenvalue weighted by Crippen LogP contribution is 2.43. The van der Waals surface area contributed by atoms with Crippen LogP contribution in [-0.2, 0) is 4.79 Å². The van der Waals surface area contributed by atoms with Crippen molar-refractivity contribution < 1.29 is 4.79 Å². The molecule has 2 atom stereocenters. The number of β-lactam (4-membered cyclic amide) rings is 1. The van der Waals surface area contributed by atoms with Crippen molar-refractivity contribution in [2.45, 2.75) is 6.04 Å². The SMILES string of the molecule is [N-]=[N+]=N/C=C\[C@H]1C(=O)N(c2ccccc2)[C@@H]1c1ccccc1. The van der Waals surface area contributed by atoms with Crippen LogP contribution in [0.1, 0.15) is 11.6 Å². The molecule has 2 aromatic rings. The number of nitrogens with zero attached hydrogens (tertiary/aromatic N) is 4. The molecule has 1 amide bonds. The minimum absolute atomic E-state index is 0.00411. The van der Waals surface area contributed by atoms with Crippen LogP contribution in [0.3, 0.4) is 0 Å². The van der Waals surface area contributed by atoms with Gasteiger partial charge in [0, 0.05) is 10.6 Å². The summed E-state index contributed by atoms with van der Waals surface area (Å²) in [6, 6.07) is 19.4. The van der Waals surface area contributed by atoms with Crippen LogP contribution in [0.4, 0.5) is 5.69 Å². The Morgan fingerprint density at radius 1 is 1.05 bits per heavy atom. The molecule has 0 unspecified atom stereocenters. The molecular weight excluding hydrogens is 276 g/mol. The van der Waals surface area contributed by atoms with E-state index in [1.54, 1.807) is 11.0 Å². The van der Waals surface area contributed by atoms with Crippen molar-refractivity contribution in [2.24, 2.45) is 11.0 Å². The monoisotopic (exact) mass is 290 g/mol. The van der Waals surface area contributed by atoms with Crippen LogP contribution in [0.15, 0.2) is 78.1 Å². The van der Waals surface area contributed by atoms with Gasteiger partial charge in [-0.05, 0) is 29.4 Å². The minimum Gasteiger partial charge on any atom is -0.303 e. The molecule has 0 bridgehead atoms. The fourth-order valence-corrected chi connectivity index (χ4v) is 2.74. The average molecular weight is 290 g/mol. The quantitative estimate of drug-likeness (QED) is 0.360. The number of benzene rings is 2. The van der Waals surface area contributed by atoms with E-state index in [0.29, 0.717) is 0 Å². The third-order valence-electron chi connectivity index (χ3n) is 3.73. The van der Waals surface area contributed by atoms with Gasteiger partial charge in [0.05, 0.1) is 12.0 Å². The van der Waals surface area contributed by atoms with Gasteiger partial charge in [-0.1, -0.05) is 59.7 Å². The Hall–Kier alpha value is -3.04. The second kappa shape index (κ2) is 6.16. The van der Waals surface area contributed by atoms with Gasteiger partial charge in [0.15, 0.2) is 0 Å². The number of carbonyl (C=O) groups excluding carboxylic acids is 1. The molecule has 0 aromatic heterocycles. The van der Waals surface area contributed by atoms with Crippen molar-refractivity contribution in [3.63, 3.8) is 0 Å². The fourth-order valence-electron chi connectivity index (χ4n) is 2.74. The first kappa shape index (κ1) is 13.9. The molecule has 1 saturated heterocycles. The van der Waals surface area contributed by atoms with Gasteiger partial charge < -0.3 is 4.90 Å². The number of azide groups is 1. The van der Waals surface area contributed by atoms with Crippen LogP contribution >= 0.6 is 0 Å². The lowest BCUT2D eigenvalue weighted by Crippen LogP contribution is -2.54. The summed E-state index contributed by atoms with van der Waals surface area (Å²) in [5.41, 5.74) is 10.3. The summed E-state index contributed by atoms with van der Waals surface area (Å²) in [5.74, 6) is -0.308. The summed E-state index contributed by atoms with van der Waals surface area (Å²) in [6.45, 7) is 0. The lowest BCUT2D eigenvalue weighted by Gasteiger charge is -2.46. The van der Waals surface area contributed by atoms with Crippen molar-refractivity contribution >= 4 is 11.6 Å². The Bertz CT molecular complexity index is 736. The summed E-state index contributed by atoms with van der Waals surface area (Å²) < 4.78 is 0. The Labute approximate surface area is 128 Å². The third kappa shape index (κ3) is 2.45. The molecule has 1 aliphatic rings. The topological polar surface area (TPSA) is 69.1 Å². The predicted octanol–water partition coefficient (Wildman–Crippen LogP) is 4.21. The van der Waals surface area contributed by atoms with Crippen molar-refractivity contribution in [1.29, 1.82) is 0 Å². The van der Waals surface area contributed by atoms with Crippen molar-refractivity contribution in [1.82, 2.24) is 0 Å². The molecule has 1 fully saturated rings.